The predicted octanol–water partition coefficient (Wildman–Crippen LogP) is 2.69. The van der Waals surface area contributed by atoms with Crippen molar-refractivity contribution in [3.63, 3.8) is 0 Å². The maximum Gasteiger partial charge on any atom is 0.255 e. The Morgan fingerprint density at radius 2 is 1.86 bits per heavy atom. The van der Waals surface area contributed by atoms with Crippen LogP contribution in [0.25, 0.3) is 11.0 Å². The lowest BCUT2D eigenvalue weighted by Crippen LogP contribution is -2.37. The van der Waals surface area contributed by atoms with E-state index in [0.29, 0.717) is 29.0 Å². The second-order valence-electron chi connectivity index (χ2n) is 6.75. The van der Waals surface area contributed by atoms with Gasteiger partial charge in [-0.15, -0.1) is 0 Å². The average Bonchev–Trinajstić information content (AvgIpc) is 3.35. The van der Waals surface area contributed by atoms with Crippen molar-refractivity contribution in [2.75, 3.05) is 5.32 Å². The van der Waals surface area contributed by atoms with Crippen LogP contribution >= 0.6 is 0 Å². The van der Waals surface area contributed by atoms with Crippen molar-refractivity contribution in [2.45, 2.75) is 12.6 Å². The first-order chi connectivity index (χ1) is 14.2. The molecule has 1 atom stereocenters. The maximum atomic E-state index is 13.4. The molecule has 2 amide bonds. The van der Waals surface area contributed by atoms with Gasteiger partial charge in [0.05, 0.1) is 11.6 Å². The summed E-state index contributed by atoms with van der Waals surface area (Å²) in [4.78, 5) is 36.3. The lowest BCUT2D eigenvalue weighted by atomic mass is 10.0. The molecule has 142 valence electrons. The van der Waals surface area contributed by atoms with Gasteiger partial charge in [-0.2, -0.15) is 5.10 Å². The number of hydrogen-bond donors (Lipinski definition) is 2. The summed E-state index contributed by atoms with van der Waals surface area (Å²) < 4.78 is 0. The molecule has 2 aromatic carbocycles. The first-order valence-electron chi connectivity index (χ1n) is 9.11. The van der Waals surface area contributed by atoms with Crippen LogP contribution in [-0.4, -0.2) is 36.9 Å². The number of nitrogens with zero attached hydrogens (tertiary/aromatic N) is 4. The number of carbonyl (C=O) groups is 2. The van der Waals surface area contributed by atoms with Crippen molar-refractivity contribution in [1.82, 2.24) is 25.1 Å². The number of benzene rings is 2. The van der Waals surface area contributed by atoms with E-state index in [1.807, 2.05) is 48.5 Å². The third-order valence-electron chi connectivity index (χ3n) is 5.01. The molecule has 0 saturated heterocycles. The zero-order valence-corrected chi connectivity index (χ0v) is 15.2. The van der Waals surface area contributed by atoms with Gasteiger partial charge in [0.25, 0.3) is 11.8 Å². The minimum Gasteiger partial charge on any atom is -0.318 e. The van der Waals surface area contributed by atoms with Crippen molar-refractivity contribution in [3.8, 4) is 0 Å². The summed E-state index contributed by atoms with van der Waals surface area (Å²) in [5.74, 6) is -0.168. The largest absolute Gasteiger partial charge is 0.318 e. The Kier molecular flexibility index (Phi) is 4.02. The molecular weight excluding hydrogens is 368 g/mol. The number of hydrogen-bond acceptors (Lipinski definition) is 5. The number of fused-ring (bicyclic) bond motifs is 2. The van der Waals surface area contributed by atoms with Gasteiger partial charge >= 0.3 is 0 Å². The van der Waals surface area contributed by atoms with Gasteiger partial charge in [-0.3, -0.25) is 14.7 Å². The first kappa shape index (κ1) is 17.1. The molecule has 0 radical (unpaired) electrons. The number of amides is 2. The van der Waals surface area contributed by atoms with E-state index in [1.165, 1.54) is 6.33 Å². The molecule has 4 aromatic rings. The lowest BCUT2D eigenvalue weighted by molar-refractivity contribution is -0.120. The molecule has 0 fully saturated rings. The summed E-state index contributed by atoms with van der Waals surface area (Å²) in [5, 5.41) is 10.1. The van der Waals surface area contributed by atoms with Gasteiger partial charge in [0.1, 0.15) is 18.2 Å². The van der Waals surface area contributed by atoms with Crippen LogP contribution in [0.4, 0.5) is 5.82 Å². The van der Waals surface area contributed by atoms with E-state index >= 15 is 0 Å². The molecule has 1 aliphatic rings. The normalized spacial score (nSPS) is 14.1. The van der Waals surface area contributed by atoms with Crippen LogP contribution in [0.1, 0.15) is 27.5 Å². The van der Waals surface area contributed by atoms with Gasteiger partial charge in [-0.05, 0) is 17.2 Å². The molecule has 29 heavy (non-hydrogen) atoms. The van der Waals surface area contributed by atoms with Crippen LogP contribution in [0.2, 0.25) is 0 Å². The highest BCUT2D eigenvalue weighted by Crippen LogP contribution is 2.32. The summed E-state index contributed by atoms with van der Waals surface area (Å²) in [6, 6.07) is 15.9. The topological polar surface area (TPSA) is 104 Å². The molecule has 0 aliphatic carbocycles. The Morgan fingerprint density at radius 3 is 2.69 bits per heavy atom. The van der Waals surface area contributed by atoms with Gasteiger partial charge < -0.3 is 10.2 Å². The Hall–Kier alpha value is -4.07. The number of aromatic nitrogens is 4. The lowest BCUT2D eigenvalue weighted by Gasteiger charge is -2.27. The molecule has 2 aromatic heterocycles. The zero-order chi connectivity index (χ0) is 19.8. The van der Waals surface area contributed by atoms with E-state index in [0.717, 1.165) is 11.1 Å². The Labute approximate surface area is 165 Å². The standard InChI is InChI=1S/C21H16N6O2/c28-20(25-18-16-10-24-26-19(16)23-12-22-18)17(13-6-2-1-3-7-13)27-11-14-8-4-5-9-15(14)21(27)29/h1-10,12,17H,11H2,(H2,22,23,24,25,26,28). The van der Waals surface area contributed by atoms with Crippen molar-refractivity contribution in [2.24, 2.45) is 0 Å². The van der Waals surface area contributed by atoms with Gasteiger partial charge in [-0.25, -0.2) is 9.97 Å². The summed E-state index contributed by atoms with van der Waals surface area (Å²) >= 11 is 0. The van der Waals surface area contributed by atoms with E-state index in [-0.39, 0.29) is 11.8 Å². The minimum atomic E-state index is -0.798. The smallest absolute Gasteiger partial charge is 0.255 e. The summed E-state index contributed by atoms with van der Waals surface area (Å²) in [5.41, 5.74) is 2.78. The number of anilines is 1. The molecule has 1 aliphatic heterocycles. The van der Waals surface area contributed by atoms with Gasteiger partial charge in [0.15, 0.2) is 5.65 Å². The molecule has 0 saturated carbocycles. The SMILES string of the molecule is O=C(Nc1ncnc2[nH]ncc12)C(c1ccccc1)N1Cc2ccccc2C1=O. The fourth-order valence-electron chi connectivity index (χ4n) is 3.64. The second-order valence-corrected chi connectivity index (χ2v) is 6.75. The summed E-state index contributed by atoms with van der Waals surface area (Å²) in [6.45, 7) is 0.368. The van der Waals surface area contributed by atoms with Crippen LogP contribution in [-0.2, 0) is 11.3 Å². The quantitative estimate of drug-likeness (QED) is 0.563. The Balaban J connectivity index is 1.53. The highest BCUT2D eigenvalue weighted by Gasteiger charge is 2.37. The van der Waals surface area contributed by atoms with Crippen molar-refractivity contribution in [3.05, 3.63) is 83.8 Å². The molecule has 2 N–H and O–H groups in total. The number of nitrogens with one attached hydrogen (secondary N) is 2. The maximum absolute atomic E-state index is 13.4. The molecule has 0 bridgehead atoms. The van der Waals surface area contributed by atoms with E-state index in [9.17, 15) is 9.59 Å². The fraction of sp³-hybridized carbons (Fsp3) is 0.0952. The van der Waals surface area contributed by atoms with Gasteiger partial charge in [0.2, 0.25) is 0 Å². The minimum absolute atomic E-state index is 0.166. The molecule has 0 spiro atoms. The molecule has 8 nitrogen and oxygen atoms in total. The first-order valence-corrected chi connectivity index (χ1v) is 9.11. The van der Waals surface area contributed by atoms with E-state index in [1.54, 1.807) is 17.2 Å². The van der Waals surface area contributed by atoms with Crippen molar-refractivity contribution >= 4 is 28.7 Å². The fourth-order valence-corrected chi connectivity index (χ4v) is 3.64. The van der Waals surface area contributed by atoms with E-state index < -0.39 is 6.04 Å². The van der Waals surface area contributed by atoms with Crippen molar-refractivity contribution in [1.29, 1.82) is 0 Å². The predicted molar refractivity (Wildman–Crippen MR) is 106 cm³/mol. The highest BCUT2D eigenvalue weighted by molar-refractivity contribution is 6.05. The van der Waals surface area contributed by atoms with Gasteiger partial charge in [-0.1, -0.05) is 48.5 Å². The second kappa shape index (κ2) is 6.83. The van der Waals surface area contributed by atoms with Crippen LogP contribution in [0.5, 0.6) is 0 Å². The average molecular weight is 384 g/mol. The van der Waals surface area contributed by atoms with Crippen LogP contribution in [0.15, 0.2) is 67.1 Å². The molecular formula is C21H16N6O2. The number of H-pyrrole nitrogens is 1. The van der Waals surface area contributed by atoms with Crippen LogP contribution in [0.3, 0.4) is 0 Å². The molecule has 3 heterocycles. The summed E-state index contributed by atoms with van der Waals surface area (Å²) in [7, 11) is 0. The molecule has 1 unspecified atom stereocenters. The number of carbonyl (C=O) groups excluding carboxylic acids is 2. The Morgan fingerprint density at radius 1 is 1.07 bits per heavy atom. The molecule has 8 heteroatoms. The zero-order valence-electron chi connectivity index (χ0n) is 15.2. The third-order valence-corrected chi connectivity index (χ3v) is 5.01. The monoisotopic (exact) mass is 384 g/mol. The van der Waals surface area contributed by atoms with Crippen molar-refractivity contribution < 1.29 is 9.59 Å². The van der Waals surface area contributed by atoms with Gasteiger partial charge in [0, 0.05) is 12.1 Å². The molecule has 5 rings (SSSR count). The van der Waals surface area contributed by atoms with E-state index in [2.05, 4.69) is 25.5 Å². The van der Waals surface area contributed by atoms with E-state index in [4.69, 9.17) is 0 Å². The number of rotatable bonds is 4. The highest BCUT2D eigenvalue weighted by atomic mass is 16.2. The van der Waals surface area contributed by atoms with Crippen LogP contribution in [0, 0.1) is 0 Å². The number of aromatic amines is 1. The van der Waals surface area contributed by atoms with Crippen LogP contribution < -0.4 is 5.32 Å². The Bertz CT molecular complexity index is 1220. The summed E-state index contributed by atoms with van der Waals surface area (Å²) in [6.07, 6.45) is 2.91. The third kappa shape index (κ3) is 2.91.